The fraction of sp³-hybridized carbons (Fsp3) is 0.769. The van der Waals surface area contributed by atoms with Gasteiger partial charge in [-0.1, -0.05) is 13.8 Å². The molecule has 1 aromatic heterocycles. The van der Waals surface area contributed by atoms with E-state index in [-0.39, 0.29) is 30.7 Å². The van der Waals surface area contributed by atoms with Gasteiger partial charge in [-0.3, -0.25) is 4.79 Å². The Morgan fingerprint density at radius 1 is 1.43 bits per heavy atom. The molecule has 2 rings (SSSR count). The Kier molecular flexibility index (Phi) is 8.21. The molecule has 0 unspecified atom stereocenters. The molecular formula is C13H25Cl2N5O. The van der Waals surface area contributed by atoms with E-state index >= 15 is 0 Å². The van der Waals surface area contributed by atoms with E-state index in [1.54, 1.807) is 6.33 Å². The molecule has 0 aromatic carbocycles. The molecule has 0 aliphatic heterocycles. The highest BCUT2D eigenvalue weighted by atomic mass is 35.5. The predicted molar refractivity (Wildman–Crippen MR) is 86.7 cm³/mol. The fourth-order valence-electron chi connectivity index (χ4n) is 2.35. The minimum atomic E-state index is -0.454. The highest BCUT2D eigenvalue weighted by Crippen LogP contribution is 2.35. The van der Waals surface area contributed by atoms with Crippen LogP contribution in [0.25, 0.3) is 0 Å². The van der Waals surface area contributed by atoms with Crippen LogP contribution in [0.3, 0.4) is 0 Å². The van der Waals surface area contributed by atoms with E-state index in [9.17, 15) is 4.79 Å². The predicted octanol–water partition coefficient (Wildman–Crippen LogP) is 1.84. The van der Waals surface area contributed by atoms with Crippen LogP contribution < -0.4 is 11.1 Å². The van der Waals surface area contributed by atoms with E-state index in [0.717, 1.165) is 18.7 Å². The second kappa shape index (κ2) is 8.56. The average Bonchev–Trinajstić information content (AvgIpc) is 3.18. The van der Waals surface area contributed by atoms with Crippen LogP contribution in [-0.4, -0.2) is 27.2 Å². The molecule has 1 aliphatic rings. The van der Waals surface area contributed by atoms with Gasteiger partial charge >= 0.3 is 0 Å². The van der Waals surface area contributed by atoms with Crippen LogP contribution in [0, 0.1) is 5.41 Å². The lowest BCUT2D eigenvalue weighted by atomic mass is 9.81. The van der Waals surface area contributed by atoms with Crippen LogP contribution in [0.4, 0.5) is 0 Å². The molecule has 1 saturated carbocycles. The molecule has 1 heterocycles. The number of hydrogen-bond acceptors (Lipinski definition) is 4. The second-order valence-electron chi connectivity index (χ2n) is 5.26. The number of nitrogens with one attached hydrogen (secondary N) is 1. The molecule has 122 valence electrons. The second-order valence-corrected chi connectivity index (χ2v) is 5.26. The first-order chi connectivity index (χ1) is 9.16. The molecule has 0 spiro atoms. The zero-order chi connectivity index (χ0) is 13.9. The van der Waals surface area contributed by atoms with Crippen LogP contribution in [-0.2, 0) is 11.3 Å². The standard InChI is InChI=1S/C13H23N5O.2ClH/c1-3-13(4-2,8-14)12(19)15-7-11-17-16-9-18(11)10-5-6-10;;/h9-10H,3-8,14H2,1-2H3,(H,15,19);2*1H. The lowest BCUT2D eigenvalue weighted by molar-refractivity contribution is -0.131. The van der Waals surface area contributed by atoms with Crippen LogP contribution >= 0.6 is 24.8 Å². The van der Waals surface area contributed by atoms with Gasteiger partial charge in [-0.05, 0) is 25.7 Å². The van der Waals surface area contributed by atoms with E-state index in [4.69, 9.17) is 5.73 Å². The van der Waals surface area contributed by atoms with Crippen molar-refractivity contribution in [3.8, 4) is 0 Å². The Bertz CT molecular complexity index is 435. The van der Waals surface area contributed by atoms with Gasteiger partial charge in [0.1, 0.15) is 6.33 Å². The van der Waals surface area contributed by atoms with E-state index < -0.39 is 5.41 Å². The lowest BCUT2D eigenvalue weighted by Gasteiger charge is -2.28. The van der Waals surface area contributed by atoms with Crippen molar-refractivity contribution in [2.45, 2.75) is 52.1 Å². The number of hydrogen-bond donors (Lipinski definition) is 2. The number of nitrogens with zero attached hydrogens (tertiary/aromatic N) is 3. The van der Waals surface area contributed by atoms with Crippen LogP contribution in [0.2, 0.25) is 0 Å². The number of aromatic nitrogens is 3. The van der Waals surface area contributed by atoms with E-state index in [1.807, 2.05) is 13.8 Å². The lowest BCUT2D eigenvalue weighted by Crippen LogP contribution is -2.45. The van der Waals surface area contributed by atoms with Gasteiger partial charge in [-0.25, -0.2) is 0 Å². The number of carbonyl (C=O) groups excluding carboxylic acids is 1. The SMILES string of the molecule is CCC(CC)(CN)C(=O)NCc1nncn1C1CC1.Cl.Cl. The van der Waals surface area contributed by atoms with E-state index in [2.05, 4.69) is 20.1 Å². The molecule has 1 amide bonds. The zero-order valence-electron chi connectivity index (χ0n) is 12.5. The average molecular weight is 338 g/mol. The molecular weight excluding hydrogens is 313 g/mol. The van der Waals surface area contributed by atoms with Crippen LogP contribution in [0.15, 0.2) is 6.33 Å². The number of halogens is 2. The molecule has 21 heavy (non-hydrogen) atoms. The fourth-order valence-corrected chi connectivity index (χ4v) is 2.35. The molecule has 6 nitrogen and oxygen atoms in total. The molecule has 0 atom stereocenters. The molecule has 1 fully saturated rings. The topological polar surface area (TPSA) is 85.8 Å². The summed E-state index contributed by atoms with van der Waals surface area (Å²) < 4.78 is 2.06. The third-order valence-corrected chi connectivity index (χ3v) is 4.22. The number of rotatable bonds is 7. The Balaban J connectivity index is 0.00000200. The maximum absolute atomic E-state index is 12.3. The van der Waals surface area contributed by atoms with Gasteiger partial charge in [0.25, 0.3) is 0 Å². The largest absolute Gasteiger partial charge is 0.348 e. The van der Waals surface area contributed by atoms with Gasteiger partial charge in [0, 0.05) is 12.6 Å². The van der Waals surface area contributed by atoms with Crippen molar-refractivity contribution in [1.82, 2.24) is 20.1 Å². The third kappa shape index (κ3) is 4.31. The summed E-state index contributed by atoms with van der Waals surface area (Å²) in [4.78, 5) is 12.3. The Hall–Kier alpha value is -0.850. The Morgan fingerprint density at radius 2 is 2.05 bits per heavy atom. The van der Waals surface area contributed by atoms with Crippen molar-refractivity contribution in [2.75, 3.05) is 6.54 Å². The minimum Gasteiger partial charge on any atom is -0.348 e. The van der Waals surface area contributed by atoms with Gasteiger partial charge in [-0.2, -0.15) is 0 Å². The summed E-state index contributed by atoms with van der Waals surface area (Å²) in [6.07, 6.45) is 5.60. The summed E-state index contributed by atoms with van der Waals surface area (Å²) in [5, 5.41) is 11.0. The minimum absolute atomic E-state index is 0. The summed E-state index contributed by atoms with van der Waals surface area (Å²) in [6, 6.07) is 0.526. The highest BCUT2D eigenvalue weighted by Gasteiger charge is 2.33. The summed E-state index contributed by atoms with van der Waals surface area (Å²) in [5.74, 6) is 0.847. The summed E-state index contributed by atoms with van der Waals surface area (Å²) in [5.41, 5.74) is 5.32. The molecule has 8 heteroatoms. The maximum Gasteiger partial charge on any atom is 0.227 e. The smallest absolute Gasteiger partial charge is 0.227 e. The van der Waals surface area contributed by atoms with Gasteiger partial charge < -0.3 is 15.6 Å². The van der Waals surface area contributed by atoms with Crippen molar-refractivity contribution in [3.05, 3.63) is 12.2 Å². The summed E-state index contributed by atoms with van der Waals surface area (Å²) >= 11 is 0. The van der Waals surface area contributed by atoms with E-state index in [0.29, 0.717) is 19.1 Å². The number of nitrogens with two attached hydrogens (primary N) is 1. The first-order valence-electron chi connectivity index (χ1n) is 7.03. The Morgan fingerprint density at radius 3 is 2.52 bits per heavy atom. The quantitative estimate of drug-likeness (QED) is 0.794. The maximum atomic E-state index is 12.3. The van der Waals surface area contributed by atoms with Crippen molar-refractivity contribution >= 4 is 30.7 Å². The number of amides is 1. The zero-order valence-corrected chi connectivity index (χ0v) is 14.2. The number of carbonyl (C=O) groups is 1. The third-order valence-electron chi connectivity index (χ3n) is 4.22. The van der Waals surface area contributed by atoms with E-state index in [1.165, 1.54) is 12.8 Å². The van der Waals surface area contributed by atoms with Crippen LogP contribution in [0.1, 0.15) is 51.4 Å². The molecule has 0 bridgehead atoms. The normalized spacial score (nSPS) is 14.0. The van der Waals surface area contributed by atoms with Crippen molar-refractivity contribution in [3.63, 3.8) is 0 Å². The van der Waals surface area contributed by atoms with Gasteiger partial charge in [0.2, 0.25) is 5.91 Å². The van der Waals surface area contributed by atoms with Crippen molar-refractivity contribution < 1.29 is 4.79 Å². The summed E-state index contributed by atoms with van der Waals surface area (Å²) in [7, 11) is 0. The first-order valence-corrected chi connectivity index (χ1v) is 7.03. The van der Waals surface area contributed by atoms with Gasteiger partial charge in [-0.15, -0.1) is 35.0 Å². The molecule has 1 aromatic rings. The molecule has 0 saturated heterocycles. The van der Waals surface area contributed by atoms with Crippen molar-refractivity contribution in [2.24, 2.45) is 11.1 Å². The Labute approximate surface area is 138 Å². The molecule has 0 radical (unpaired) electrons. The van der Waals surface area contributed by atoms with Gasteiger partial charge in [0.05, 0.1) is 12.0 Å². The highest BCUT2D eigenvalue weighted by molar-refractivity contribution is 5.85. The first kappa shape index (κ1) is 20.1. The summed E-state index contributed by atoms with van der Waals surface area (Å²) in [6.45, 7) is 4.81. The van der Waals surface area contributed by atoms with Gasteiger partial charge in [0.15, 0.2) is 5.82 Å². The van der Waals surface area contributed by atoms with Crippen LogP contribution in [0.5, 0.6) is 0 Å². The van der Waals surface area contributed by atoms with Crippen molar-refractivity contribution in [1.29, 1.82) is 0 Å². The molecule has 1 aliphatic carbocycles. The molecule has 3 N–H and O–H groups in total. The monoisotopic (exact) mass is 337 g/mol.